The van der Waals surface area contributed by atoms with Crippen LogP contribution in [0, 0.1) is 0 Å². The molecule has 54 valence electrons. The molecule has 6 nitrogen and oxygen atoms in total. The smallest absolute Gasteiger partial charge is 0.303 e. The van der Waals surface area contributed by atoms with Crippen molar-refractivity contribution in [3.8, 4) is 0 Å². The molecule has 0 aliphatic heterocycles. The van der Waals surface area contributed by atoms with Crippen molar-refractivity contribution in [1.82, 2.24) is 0 Å². The van der Waals surface area contributed by atoms with Gasteiger partial charge in [0.2, 0.25) is 0 Å². The highest BCUT2D eigenvalue weighted by molar-refractivity contribution is 7.45. The van der Waals surface area contributed by atoms with Gasteiger partial charge < -0.3 is 14.7 Å². The summed E-state index contributed by atoms with van der Waals surface area (Å²) in [7, 11) is -4.64. The molecule has 8 heavy (non-hydrogen) atoms. The molecule has 0 bridgehead atoms. The Morgan fingerprint density at radius 1 is 1.00 bits per heavy atom. The van der Waals surface area contributed by atoms with E-state index in [2.05, 4.69) is 0 Å². The van der Waals surface area contributed by atoms with Crippen LogP contribution >= 0.6 is 17.7 Å². The quantitative estimate of drug-likeness (QED) is 0.181. The van der Waals surface area contributed by atoms with Gasteiger partial charge in [-0.25, -0.2) is 4.57 Å². The largest absolute Gasteiger partial charge is 0.466 e. The van der Waals surface area contributed by atoms with Gasteiger partial charge in [-0.3, -0.25) is 10.5 Å². The van der Waals surface area contributed by atoms with Crippen molar-refractivity contribution in [2.75, 3.05) is 0 Å². The molecule has 0 radical (unpaired) electrons. The summed E-state index contributed by atoms with van der Waals surface area (Å²) in [5, 5.41) is 12.0. The minimum absolute atomic E-state index is 0. The van der Waals surface area contributed by atoms with E-state index < -0.39 is 7.82 Å². The van der Waals surface area contributed by atoms with Crippen LogP contribution in [0.1, 0.15) is 0 Å². The molecule has 8 heteroatoms. The maximum Gasteiger partial charge on any atom is 0.466 e. The van der Waals surface area contributed by atoms with E-state index in [0.717, 1.165) is 0 Å². The lowest BCUT2D eigenvalue weighted by atomic mass is 15.0. The van der Waals surface area contributed by atoms with Crippen molar-refractivity contribution >= 4 is 17.7 Å². The normalized spacial score (nSPS) is 8.12. The van der Waals surface area contributed by atoms with Gasteiger partial charge in [0.25, 0.3) is 0 Å². The molecule has 1 atom stereocenters. The fourth-order valence-electron chi connectivity index (χ4n) is 0. The summed E-state index contributed by atoms with van der Waals surface area (Å²) in [5.41, 5.74) is 0. The number of phosphoric acid groups is 1. The number of rotatable bonds is 0. The fourth-order valence-corrected chi connectivity index (χ4v) is 0. The van der Waals surface area contributed by atoms with E-state index in [1.54, 1.807) is 0 Å². The Kier molecular flexibility index (Phi) is 14.7. The molecule has 0 saturated heterocycles. The summed E-state index contributed by atoms with van der Waals surface area (Å²) in [6.07, 6.45) is 0. The molecule has 0 heterocycles. The summed E-state index contributed by atoms with van der Waals surface area (Å²) >= 11 is 0. The van der Waals surface area contributed by atoms with Crippen LogP contribution in [0.3, 0.4) is 0 Å². The zero-order valence-corrected chi connectivity index (χ0v) is 6.11. The van der Waals surface area contributed by atoms with Crippen molar-refractivity contribution in [2.45, 2.75) is 0 Å². The average Bonchev–Trinajstić information content (AvgIpc) is 1.36. The van der Waals surface area contributed by atoms with Crippen LogP contribution in [0.15, 0.2) is 0 Å². The van der Waals surface area contributed by atoms with Crippen molar-refractivity contribution in [3.63, 3.8) is 0 Å². The first-order chi connectivity index (χ1) is 3.00. The fraction of sp³-hybridized carbons (Fsp3) is 0. The van der Waals surface area contributed by atoms with Gasteiger partial charge in [-0.1, -0.05) is 0 Å². The summed E-state index contributed by atoms with van der Waals surface area (Å²) in [6.45, 7) is 0. The Morgan fingerprint density at radius 2 is 1.00 bits per heavy atom. The molecule has 0 aliphatic carbocycles. The molecule has 0 spiro atoms. The molecule has 5 N–H and O–H groups in total. The van der Waals surface area contributed by atoms with Crippen molar-refractivity contribution in [2.24, 2.45) is 0 Å². The van der Waals surface area contributed by atoms with Crippen molar-refractivity contribution in [3.05, 3.63) is 0 Å². The SMILES string of the molecule is O=P(O)(O)O.OO.P. The molecular formula is H8O6P2. The Balaban J connectivity index is -0.0000000750. The van der Waals surface area contributed by atoms with Gasteiger partial charge in [0.1, 0.15) is 0 Å². The Bertz CT molecular complexity index is 52.7. The standard InChI is InChI=1S/H3O4P.H2O2.H3P/c1-5(2,3)4;1-2;/h(H3,1,2,3,4);1-2H;1H3. The molecule has 0 aromatic carbocycles. The topological polar surface area (TPSA) is 118 Å². The molecule has 0 aliphatic rings. The van der Waals surface area contributed by atoms with E-state index in [9.17, 15) is 0 Å². The van der Waals surface area contributed by atoms with E-state index >= 15 is 0 Å². The third-order valence-electron chi connectivity index (χ3n) is 0. The second kappa shape index (κ2) is 7.46. The van der Waals surface area contributed by atoms with E-state index in [1.165, 1.54) is 0 Å². The predicted molar refractivity (Wildman–Crippen MR) is 30.6 cm³/mol. The highest BCUT2D eigenvalue weighted by atomic mass is 31.2. The van der Waals surface area contributed by atoms with Crippen LogP contribution in [0.2, 0.25) is 0 Å². The van der Waals surface area contributed by atoms with E-state index in [1.807, 2.05) is 0 Å². The van der Waals surface area contributed by atoms with E-state index in [0.29, 0.717) is 0 Å². The van der Waals surface area contributed by atoms with Gasteiger partial charge in [0.15, 0.2) is 0 Å². The summed E-state index contributed by atoms with van der Waals surface area (Å²) in [4.78, 5) is 21.6. The van der Waals surface area contributed by atoms with Gasteiger partial charge in [0.05, 0.1) is 0 Å². The molecular weight excluding hydrogens is 158 g/mol. The first-order valence-corrected chi connectivity index (χ1v) is 2.55. The second-order valence-corrected chi connectivity index (χ2v) is 1.54. The van der Waals surface area contributed by atoms with Gasteiger partial charge in [-0.05, 0) is 0 Å². The maximum atomic E-state index is 8.88. The lowest BCUT2D eigenvalue weighted by Crippen LogP contribution is -1.66. The lowest BCUT2D eigenvalue weighted by Gasteiger charge is -1.82. The monoisotopic (exact) mass is 166 g/mol. The van der Waals surface area contributed by atoms with Crippen LogP contribution in [-0.4, -0.2) is 25.2 Å². The molecule has 1 unspecified atom stereocenters. The third-order valence-corrected chi connectivity index (χ3v) is 0. The molecule has 0 rings (SSSR count). The molecule has 0 aromatic rings. The Hall–Kier alpha value is 0.460. The van der Waals surface area contributed by atoms with Crippen LogP contribution < -0.4 is 0 Å². The van der Waals surface area contributed by atoms with Crippen molar-refractivity contribution < 1.29 is 29.8 Å². The Labute approximate surface area is 48.6 Å². The van der Waals surface area contributed by atoms with Crippen molar-refractivity contribution in [1.29, 1.82) is 0 Å². The molecule has 0 fully saturated rings. The average molecular weight is 166 g/mol. The lowest BCUT2D eigenvalue weighted by molar-refractivity contribution is -0.176. The van der Waals surface area contributed by atoms with Gasteiger partial charge in [-0.2, -0.15) is 9.90 Å². The zero-order chi connectivity index (χ0) is 6.50. The first kappa shape index (κ1) is 15.8. The first-order valence-electron chi connectivity index (χ1n) is 0.983. The third kappa shape index (κ3) is 910. The van der Waals surface area contributed by atoms with E-state index in [-0.39, 0.29) is 9.90 Å². The highest BCUT2D eigenvalue weighted by Crippen LogP contribution is 2.25. The second-order valence-electron chi connectivity index (χ2n) is 0.513. The number of hydrogen-bond acceptors (Lipinski definition) is 3. The minimum atomic E-state index is -4.64. The highest BCUT2D eigenvalue weighted by Gasteiger charge is 2.00. The van der Waals surface area contributed by atoms with Gasteiger partial charge in [-0.15, -0.1) is 0 Å². The van der Waals surface area contributed by atoms with Crippen LogP contribution in [0.4, 0.5) is 0 Å². The van der Waals surface area contributed by atoms with Gasteiger partial charge in [0, 0.05) is 0 Å². The van der Waals surface area contributed by atoms with E-state index in [4.69, 9.17) is 29.8 Å². The maximum absolute atomic E-state index is 8.88. The Morgan fingerprint density at radius 3 is 1.00 bits per heavy atom. The molecule has 0 saturated carbocycles. The number of hydrogen-bond donors (Lipinski definition) is 5. The summed E-state index contributed by atoms with van der Waals surface area (Å²) in [5.74, 6) is 0. The molecule has 0 amide bonds. The van der Waals surface area contributed by atoms with Crippen LogP contribution in [0.25, 0.3) is 0 Å². The summed E-state index contributed by atoms with van der Waals surface area (Å²) in [6, 6.07) is 0. The summed E-state index contributed by atoms with van der Waals surface area (Å²) < 4.78 is 8.88. The molecule has 0 aromatic heterocycles. The zero-order valence-electron chi connectivity index (χ0n) is 3.80. The van der Waals surface area contributed by atoms with Crippen LogP contribution in [-0.2, 0) is 4.57 Å². The minimum Gasteiger partial charge on any atom is -0.303 e. The van der Waals surface area contributed by atoms with Gasteiger partial charge >= 0.3 is 7.82 Å². The van der Waals surface area contributed by atoms with Crippen LogP contribution in [0.5, 0.6) is 0 Å². The predicted octanol–water partition coefficient (Wildman–Crippen LogP) is -0.853.